The van der Waals surface area contributed by atoms with Crippen molar-refractivity contribution in [3.05, 3.63) is 18.1 Å². The zero-order valence-electron chi connectivity index (χ0n) is 10.5. The van der Waals surface area contributed by atoms with Crippen LogP contribution in [0.4, 0.5) is 5.82 Å². The summed E-state index contributed by atoms with van der Waals surface area (Å²) in [7, 11) is 1.82. The molecular weight excluding hydrogens is 232 g/mol. The molecule has 1 aromatic heterocycles. The molecule has 1 aliphatic rings. The summed E-state index contributed by atoms with van der Waals surface area (Å²) in [5.41, 5.74) is 0. The number of amides is 1. The van der Waals surface area contributed by atoms with Crippen LogP contribution in [0, 0.1) is 0 Å². The number of likely N-dealkylation sites (N-methyl/N-ethyl adjacent to an activating group) is 1. The van der Waals surface area contributed by atoms with Crippen LogP contribution in [0.3, 0.4) is 0 Å². The van der Waals surface area contributed by atoms with Gasteiger partial charge < -0.3 is 14.9 Å². The van der Waals surface area contributed by atoms with Gasteiger partial charge in [-0.3, -0.25) is 4.79 Å². The summed E-state index contributed by atoms with van der Waals surface area (Å²) >= 11 is 0. The second-order valence-corrected chi connectivity index (χ2v) is 4.43. The average molecular weight is 250 g/mol. The van der Waals surface area contributed by atoms with E-state index >= 15 is 0 Å². The van der Waals surface area contributed by atoms with Gasteiger partial charge in [0, 0.05) is 26.3 Å². The molecule has 0 aliphatic carbocycles. The minimum absolute atomic E-state index is 0.124. The number of aromatic nitrogens is 2. The highest BCUT2D eigenvalue weighted by Crippen LogP contribution is 2.11. The first-order chi connectivity index (χ1) is 8.70. The molecule has 2 rings (SSSR count). The van der Waals surface area contributed by atoms with Crippen molar-refractivity contribution in [3.63, 3.8) is 0 Å². The number of hydrogen-bond donors (Lipinski definition) is 1. The van der Waals surface area contributed by atoms with E-state index in [9.17, 15) is 4.79 Å². The van der Waals surface area contributed by atoms with Gasteiger partial charge >= 0.3 is 0 Å². The number of likely N-dealkylation sites (tertiary alicyclic amines) is 1. The zero-order valence-corrected chi connectivity index (χ0v) is 10.5. The monoisotopic (exact) mass is 250 g/mol. The summed E-state index contributed by atoms with van der Waals surface area (Å²) in [6.07, 6.45) is 3.78. The molecular formula is C12H18N4O2. The number of carbonyl (C=O) groups is 1. The predicted molar refractivity (Wildman–Crippen MR) is 67.0 cm³/mol. The Bertz CT molecular complexity index is 418. The van der Waals surface area contributed by atoms with Crippen LogP contribution in [-0.4, -0.2) is 52.6 Å². The molecule has 0 aromatic carbocycles. The molecule has 1 N–H and O–H groups in total. The number of nitrogens with zero attached hydrogens (tertiary/aromatic N) is 4. The van der Waals surface area contributed by atoms with Crippen LogP contribution >= 0.6 is 0 Å². The van der Waals surface area contributed by atoms with Crippen molar-refractivity contribution < 1.29 is 9.90 Å². The maximum Gasteiger partial charge on any atom is 0.242 e. The molecule has 0 radical (unpaired) electrons. The summed E-state index contributed by atoms with van der Waals surface area (Å²) < 4.78 is 0. The van der Waals surface area contributed by atoms with Crippen molar-refractivity contribution in [2.75, 3.05) is 31.6 Å². The third-order valence-corrected chi connectivity index (χ3v) is 3.05. The highest BCUT2D eigenvalue weighted by atomic mass is 16.3. The number of carbonyl (C=O) groups excluding carboxylic acids is 1. The SMILES string of the molecule is CN(CC(=O)N1CCCC1)c1ccnc(CO)n1. The Balaban J connectivity index is 1.97. The van der Waals surface area contributed by atoms with Crippen LogP contribution in [0.25, 0.3) is 0 Å². The first-order valence-corrected chi connectivity index (χ1v) is 6.12. The van der Waals surface area contributed by atoms with Crippen molar-refractivity contribution in [1.82, 2.24) is 14.9 Å². The lowest BCUT2D eigenvalue weighted by Gasteiger charge is -2.22. The van der Waals surface area contributed by atoms with Crippen molar-refractivity contribution in [3.8, 4) is 0 Å². The third kappa shape index (κ3) is 2.95. The molecule has 1 aliphatic heterocycles. The van der Waals surface area contributed by atoms with Crippen LogP contribution in [0.2, 0.25) is 0 Å². The highest BCUT2D eigenvalue weighted by Gasteiger charge is 2.19. The lowest BCUT2D eigenvalue weighted by Crippen LogP contribution is -2.37. The number of aliphatic hydroxyl groups is 1. The number of rotatable bonds is 4. The van der Waals surface area contributed by atoms with E-state index in [0.29, 0.717) is 18.2 Å². The third-order valence-electron chi connectivity index (χ3n) is 3.05. The Kier molecular flexibility index (Phi) is 4.09. The van der Waals surface area contributed by atoms with Crippen LogP contribution in [0.5, 0.6) is 0 Å². The Hall–Kier alpha value is -1.69. The molecule has 2 heterocycles. The fraction of sp³-hybridized carbons (Fsp3) is 0.583. The molecule has 98 valence electrons. The smallest absolute Gasteiger partial charge is 0.242 e. The number of anilines is 1. The molecule has 1 amide bonds. The molecule has 0 spiro atoms. The number of hydrogen-bond acceptors (Lipinski definition) is 5. The van der Waals surface area contributed by atoms with Crippen molar-refractivity contribution >= 4 is 11.7 Å². The first kappa shape index (κ1) is 12.8. The lowest BCUT2D eigenvalue weighted by molar-refractivity contribution is -0.128. The summed E-state index contributed by atoms with van der Waals surface area (Å²) in [5, 5.41) is 8.98. The van der Waals surface area contributed by atoms with Gasteiger partial charge in [0.15, 0.2) is 5.82 Å². The van der Waals surface area contributed by atoms with Gasteiger partial charge in [-0.1, -0.05) is 0 Å². The molecule has 0 bridgehead atoms. The van der Waals surface area contributed by atoms with E-state index in [2.05, 4.69) is 9.97 Å². The predicted octanol–water partition coefficient (Wildman–Crippen LogP) is 0.0275. The molecule has 6 nitrogen and oxygen atoms in total. The van der Waals surface area contributed by atoms with Crippen LogP contribution < -0.4 is 4.90 Å². The minimum atomic E-state index is -0.193. The molecule has 1 aromatic rings. The molecule has 0 saturated carbocycles. The normalized spacial score (nSPS) is 14.9. The second kappa shape index (κ2) is 5.77. The molecule has 1 saturated heterocycles. The Morgan fingerprint density at radius 2 is 2.22 bits per heavy atom. The molecule has 18 heavy (non-hydrogen) atoms. The zero-order chi connectivity index (χ0) is 13.0. The Morgan fingerprint density at radius 3 is 2.89 bits per heavy atom. The van der Waals surface area contributed by atoms with Crippen molar-refractivity contribution in [2.24, 2.45) is 0 Å². The summed E-state index contributed by atoms with van der Waals surface area (Å²) in [5.74, 6) is 1.15. The largest absolute Gasteiger partial charge is 0.388 e. The van der Waals surface area contributed by atoms with Crippen LogP contribution in [0.15, 0.2) is 12.3 Å². The summed E-state index contributed by atoms with van der Waals surface area (Å²) in [6, 6.07) is 1.73. The fourth-order valence-corrected chi connectivity index (χ4v) is 2.03. The first-order valence-electron chi connectivity index (χ1n) is 6.12. The fourth-order valence-electron chi connectivity index (χ4n) is 2.03. The maximum absolute atomic E-state index is 12.0. The minimum Gasteiger partial charge on any atom is -0.388 e. The van der Waals surface area contributed by atoms with E-state index in [4.69, 9.17) is 5.11 Å². The van der Waals surface area contributed by atoms with Crippen LogP contribution in [0.1, 0.15) is 18.7 Å². The van der Waals surface area contributed by atoms with Crippen molar-refractivity contribution in [2.45, 2.75) is 19.4 Å². The maximum atomic E-state index is 12.0. The average Bonchev–Trinajstić information content (AvgIpc) is 2.92. The standard InChI is InChI=1S/C12H18N4O2/c1-15(8-12(18)16-6-2-3-7-16)11-4-5-13-10(9-17)14-11/h4-5,17H,2-3,6-9H2,1H3. The molecule has 1 fully saturated rings. The van der Waals surface area contributed by atoms with E-state index in [0.717, 1.165) is 25.9 Å². The van der Waals surface area contributed by atoms with Gasteiger partial charge in [-0.25, -0.2) is 9.97 Å². The van der Waals surface area contributed by atoms with E-state index in [1.807, 2.05) is 11.9 Å². The molecule has 0 atom stereocenters. The highest BCUT2D eigenvalue weighted by molar-refractivity contribution is 5.81. The van der Waals surface area contributed by atoms with Gasteiger partial charge in [-0.2, -0.15) is 0 Å². The van der Waals surface area contributed by atoms with E-state index in [-0.39, 0.29) is 12.5 Å². The van der Waals surface area contributed by atoms with Crippen molar-refractivity contribution in [1.29, 1.82) is 0 Å². The number of aliphatic hydroxyl groups excluding tert-OH is 1. The van der Waals surface area contributed by atoms with Gasteiger partial charge in [-0.05, 0) is 18.9 Å². The van der Waals surface area contributed by atoms with E-state index in [1.165, 1.54) is 0 Å². The topological polar surface area (TPSA) is 69.6 Å². The molecule has 6 heteroatoms. The van der Waals surface area contributed by atoms with Gasteiger partial charge in [0.2, 0.25) is 5.91 Å². The van der Waals surface area contributed by atoms with E-state index in [1.54, 1.807) is 17.2 Å². The van der Waals surface area contributed by atoms with Gasteiger partial charge in [0.05, 0.1) is 6.54 Å². The Labute approximate surface area is 106 Å². The second-order valence-electron chi connectivity index (χ2n) is 4.43. The summed E-state index contributed by atoms with van der Waals surface area (Å²) in [6.45, 7) is 1.83. The van der Waals surface area contributed by atoms with Crippen LogP contribution in [-0.2, 0) is 11.4 Å². The summed E-state index contributed by atoms with van der Waals surface area (Å²) in [4.78, 5) is 23.7. The van der Waals surface area contributed by atoms with Gasteiger partial charge in [0.1, 0.15) is 12.4 Å². The van der Waals surface area contributed by atoms with Gasteiger partial charge in [0.25, 0.3) is 0 Å². The van der Waals surface area contributed by atoms with Gasteiger partial charge in [-0.15, -0.1) is 0 Å². The van der Waals surface area contributed by atoms with E-state index < -0.39 is 0 Å². The molecule has 0 unspecified atom stereocenters. The lowest BCUT2D eigenvalue weighted by atomic mass is 10.4. The quantitative estimate of drug-likeness (QED) is 0.816. The Morgan fingerprint density at radius 1 is 1.50 bits per heavy atom.